The molecule has 0 aliphatic rings. The van der Waals surface area contributed by atoms with E-state index in [1.54, 1.807) is 0 Å². The molecule has 0 saturated heterocycles. The van der Waals surface area contributed by atoms with Crippen molar-refractivity contribution in [3.05, 3.63) is 12.7 Å². The van der Waals surface area contributed by atoms with Gasteiger partial charge in [-0.05, 0) is 19.8 Å². The van der Waals surface area contributed by atoms with Crippen LogP contribution in [-0.2, 0) is 4.74 Å². The highest BCUT2D eigenvalue weighted by Crippen LogP contribution is 2.08. The minimum Gasteiger partial charge on any atom is -0.378 e. The smallest absolute Gasteiger partial charge is 0.0609 e. The van der Waals surface area contributed by atoms with Gasteiger partial charge in [-0.3, -0.25) is 0 Å². The van der Waals surface area contributed by atoms with Crippen molar-refractivity contribution in [3.8, 4) is 0 Å². The molecule has 0 fully saturated rings. The third-order valence-corrected chi connectivity index (χ3v) is 1.71. The van der Waals surface area contributed by atoms with Crippen LogP contribution < -0.4 is 0 Å². The van der Waals surface area contributed by atoms with Gasteiger partial charge in [-0.2, -0.15) is 0 Å². The van der Waals surface area contributed by atoms with E-state index in [1.165, 1.54) is 19.3 Å². The standard InChI is InChI=1S/C10H20O/c1-4-7-9-10(8-5-2)11-6-3/h5,10H,2,4,6-9H2,1,3H3. The number of ether oxygens (including phenoxy) is 1. The molecule has 0 aliphatic carbocycles. The molecule has 1 atom stereocenters. The van der Waals surface area contributed by atoms with Crippen molar-refractivity contribution < 1.29 is 4.74 Å². The van der Waals surface area contributed by atoms with Crippen molar-refractivity contribution in [2.24, 2.45) is 0 Å². The van der Waals surface area contributed by atoms with Gasteiger partial charge in [0.05, 0.1) is 6.10 Å². The van der Waals surface area contributed by atoms with Crippen LogP contribution in [0.5, 0.6) is 0 Å². The molecular weight excluding hydrogens is 136 g/mol. The first kappa shape index (κ1) is 10.7. The largest absolute Gasteiger partial charge is 0.378 e. The Morgan fingerprint density at radius 1 is 1.45 bits per heavy atom. The first-order chi connectivity index (χ1) is 5.35. The molecule has 1 unspecified atom stereocenters. The maximum atomic E-state index is 5.51. The minimum absolute atomic E-state index is 0.414. The van der Waals surface area contributed by atoms with E-state index in [2.05, 4.69) is 13.5 Å². The van der Waals surface area contributed by atoms with Crippen molar-refractivity contribution in [3.63, 3.8) is 0 Å². The van der Waals surface area contributed by atoms with E-state index in [-0.39, 0.29) is 0 Å². The van der Waals surface area contributed by atoms with Gasteiger partial charge in [0.15, 0.2) is 0 Å². The first-order valence-electron chi connectivity index (χ1n) is 4.57. The zero-order valence-corrected chi connectivity index (χ0v) is 7.81. The lowest BCUT2D eigenvalue weighted by molar-refractivity contribution is 0.0575. The lowest BCUT2D eigenvalue weighted by Crippen LogP contribution is -2.11. The zero-order chi connectivity index (χ0) is 8.53. The van der Waals surface area contributed by atoms with Gasteiger partial charge in [0.25, 0.3) is 0 Å². The molecule has 0 aromatic heterocycles. The van der Waals surface area contributed by atoms with Gasteiger partial charge < -0.3 is 4.74 Å². The van der Waals surface area contributed by atoms with Gasteiger partial charge >= 0.3 is 0 Å². The molecule has 0 amide bonds. The summed E-state index contributed by atoms with van der Waals surface area (Å²) < 4.78 is 5.51. The van der Waals surface area contributed by atoms with Crippen LogP contribution in [0.4, 0.5) is 0 Å². The lowest BCUT2D eigenvalue weighted by atomic mass is 10.1. The van der Waals surface area contributed by atoms with Crippen LogP contribution in [0, 0.1) is 0 Å². The summed E-state index contributed by atoms with van der Waals surface area (Å²) in [4.78, 5) is 0. The van der Waals surface area contributed by atoms with E-state index in [1.807, 2.05) is 13.0 Å². The quantitative estimate of drug-likeness (QED) is 0.514. The summed E-state index contributed by atoms with van der Waals surface area (Å²) in [5.74, 6) is 0. The van der Waals surface area contributed by atoms with Crippen LogP contribution in [-0.4, -0.2) is 12.7 Å². The van der Waals surface area contributed by atoms with E-state index in [0.29, 0.717) is 6.10 Å². The Kier molecular flexibility index (Phi) is 7.59. The summed E-state index contributed by atoms with van der Waals surface area (Å²) >= 11 is 0. The predicted molar refractivity (Wildman–Crippen MR) is 49.8 cm³/mol. The van der Waals surface area contributed by atoms with Gasteiger partial charge in [0.1, 0.15) is 0 Å². The molecule has 0 saturated carbocycles. The Hall–Kier alpha value is -0.300. The van der Waals surface area contributed by atoms with Crippen LogP contribution in [0.3, 0.4) is 0 Å². The molecule has 0 bridgehead atoms. The normalized spacial score (nSPS) is 12.9. The van der Waals surface area contributed by atoms with Gasteiger partial charge in [0.2, 0.25) is 0 Å². The SMILES string of the molecule is C=CCC(CCCC)OCC. The van der Waals surface area contributed by atoms with Gasteiger partial charge in [0, 0.05) is 6.61 Å². The molecule has 0 rings (SSSR count). The molecule has 1 heteroatoms. The monoisotopic (exact) mass is 156 g/mol. The number of rotatable bonds is 7. The lowest BCUT2D eigenvalue weighted by Gasteiger charge is -2.13. The third-order valence-electron chi connectivity index (χ3n) is 1.71. The number of hydrogen-bond donors (Lipinski definition) is 0. The van der Waals surface area contributed by atoms with Crippen molar-refractivity contribution in [2.45, 2.75) is 45.6 Å². The summed E-state index contributed by atoms with van der Waals surface area (Å²) in [6.45, 7) is 8.78. The van der Waals surface area contributed by atoms with Crippen molar-refractivity contribution in [2.75, 3.05) is 6.61 Å². The molecule has 11 heavy (non-hydrogen) atoms. The second kappa shape index (κ2) is 7.80. The van der Waals surface area contributed by atoms with E-state index in [9.17, 15) is 0 Å². The summed E-state index contributed by atoms with van der Waals surface area (Å²) in [5.41, 5.74) is 0. The average molecular weight is 156 g/mol. The van der Waals surface area contributed by atoms with Crippen LogP contribution >= 0.6 is 0 Å². The minimum atomic E-state index is 0.414. The molecule has 0 spiro atoms. The molecule has 0 heterocycles. The molecule has 0 aromatic carbocycles. The summed E-state index contributed by atoms with van der Waals surface area (Å²) in [5, 5.41) is 0. The van der Waals surface area contributed by atoms with Crippen LogP contribution in [0.1, 0.15) is 39.5 Å². The fourth-order valence-corrected chi connectivity index (χ4v) is 1.12. The Bertz CT molecular complexity index is 88.9. The van der Waals surface area contributed by atoms with Crippen molar-refractivity contribution in [1.82, 2.24) is 0 Å². The van der Waals surface area contributed by atoms with E-state index >= 15 is 0 Å². The van der Waals surface area contributed by atoms with Gasteiger partial charge in [-0.1, -0.05) is 25.8 Å². The molecular formula is C10H20O. The molecule has 0 aliphatic heterocycles. The fraction of sp³-hybridized carbons (Fsp3) is 0.800. The Morgan fingerprint density at radius 2 is 2.18 bits per heavy atom. The Morgan fingerprint density at radius 3 is 2.64 bits per heavy atom. The van der Waals surface area contributed by atoms with Gasteiger partial charge in [-0.15, -0.1) is 6.58 Å². The zero-order valence-electron chi connectivity index (χ0n) is 7.81. The molecule has 0 radical (unpaired) electrons. The summed E-state index contributed by atoms with van der Waals surface area (Å²) in [6, 6.07) is 0. The third kappa shape index (κ3) is 6.11. The topological polar surface area (TPSA) is 9.23 Å². The highest BCUT2D eigenvalue weighted by atomic mass is 16.5. The first-order valence-corrected chi connectivity index (χ1v) is 4.57. The highest BCUT2D eigenvalue weighted by molar-refractivity contribution is 4.73. The summed E-state index contributed by atoms with van der Waals surface area (Å²) in [6.07, 6.45) is 7.04. The van der Waals surface area contributed by atoms with E-state index < -0.39 is 0 Å². The highest BCUT2D eigenvalue weighted by Gasteiger charge is 2.03. The van der Waals surface area contributed by atoms with Crippen LogP contribution in [0.2, 0.25) is 0 Å². The Balaban J connectivity index is 3.41. The van der Waals surface area contributed by atoms with E-state index in [0.717, 1.165) is 13.0 Å². The number of hydrogen-bond acceptors (Lipinski definition) is 1. The van der Waals surface area contributed by atoms with Crippen molar-refractivity contribution >= 4 is 0 Å². The van der Waals surface area contributed by atoms with Crippen molar-refractivity contribution in [1.29, 1.82) is 0 Å². The van der Waals surface area contributed by atoms with E-state index in [4.69, 9.17) is 4.74 Å². The molecule has 0 aromatic rings. The Labute approximate surface area is 70.4 Å². The van der Waals surface area contributed by atoms with Crippen LogP contribution in [0.25, 0.3) is 0 Å². The number of unbranched alkanes of at least 4 members (excludes halogenated alkanes) is 1. The second-order valence-corrected chi connectivity index (χ2v) is 2.74. The maximum absolute atomic E-state index is 5.51. The molecule has 1 nitrogen and oxygen atoms in total. The summed E-state index contributed by atoms with van der Waals surface area (Å²) in [7, 11) is 0. The maximum Gasteiger partial charge on any atom is 0.0609 e. The van der Waals surface area contributed by atoms with Gasteiger partial charge in [-0.25, -0.2) is 0 Å². The average Bonchev–Trinajstić information content (AvgIpc) is 2.01. The fourth-order valence-electron chi connectivity index (χ4n) is 1.12. The molecule has 0 N–H and O–H groups in total. The molecule has 66 valence electrons. The second-order valence-electron chi connectivity index (χ2n) is 2.74. The predicted octanol–water partition coefficient (Wildman–Crippen LogP) is 3.16. The van der Waals surface area contributed by atoms with Crippen LogP contribution in [0.15, 0.2) is 12.7 Å².